The molecule has 78 valence electrons. The van der Waals surface area contributed by atoms with Gasteiger partial charge in [0.05, 0.1) is 11.6 Å². The Morgan fingerprint density at radius 2 is 2.27 bits per heavy atom. The van der Waals surface area contributed by atoms with E-state index >= 15 is 0 Å². The maximum atomic E-state index is 8.81. The third kappa shape index (κ3) is 2.57. The van der Waals surface area contributed by atoms with Crippen molar-refractivity contribution in [3.63, 3.8) is 0 Å². The van der Waals surface area contributed by atoms with Gasteiger partial charge in [-0.2, -0.15) is 5.26 Å². The van der Waals surface area contributed by atoms with Gasteiger partial charge in [-0.3, -0.25) is 4.90 Å². The number of nitrogens with zero attached hydrogens (tertiary/aromatic N) is 2. The smallest absolute Gasteiger partial charge is 0.0991 e. The van der Waals surface area contributed by atoms with Crippen molar-refractivity contribution < 1.29 is 0 Å². The monoisotopic (exact) mass is 200 g/mol. The lowest BCUT2D eigenvalue weighted by atomic mass is 10.1. The fraction of sp³-hybridized carbons (Fsp3) is 0.462. The predicted octanol–water partition coefficient (Wildman–Crippen LogP) is 2.54. The summed E-state index contributed by atoms with van der Waals surface area (Å²) in [6, 6.07) is 10.9. The van der Waals surface area contributed by atoms with Crippen LogP contribution in [0.2, 0.25) is 0 Å². The first kappa shape index (κ1) is 10.2. The van der Waals surface area contributed by atoms with Crippen molar-refractivity contribution in [3.8, 4) is 6.07 Å². The van der Waals surface area contributed by atoms with E-state index in [4.69, 9.17) is 5.26 Å². The zero-order valence-electron chi connectivity index (χ0n) is 9.11. The van der Waals surface area contributed by atoms with Crippen molar-refractivity contribution in [1.82, 2.24) is 4.90 Å². The Balaban J connectivity index is 2.05. The number of benzene rings is 1. The molecule has 1 aromatic carbocycles. The highest BCUT2D eigenvalue weighted by atomic mass is 15.2. The summed E-state index contributed by atoms with van der Waals surface area (Å²) in [5.41, 5.74) is 2.02. The largest absolute Gasteiger partial charge is 0.296 e. The van der Waals surface area contributed by atoms with Gasteiger partial charge in [-0.25, -0.2) is 0 Å². The van der Waals surface area contributed by atoms with Crippen LogP contribution < -0.4 is 0 Å². The van der Waals surface area contributed by atoms with Crippen molar-refractivity contribution in [3.05, 3.63) is 35.4 Å². The van der Waals surface area contributed by atoms with E-state index in [0.29, 0.717) is 0 Å². The summed E-state index contributed by atoms with van der Waals surface area (Å²) < 4.78 is 0. The molecule has 1 fully saturated rings. The maximum absolute atomic E-state index is 8.81. The van der Waals surface area contributed by atoms with Crippen LogP contribution in [0, 0.1) is 11.3 Å². The number of hydrogen-bond acceptors (Lipinski definition) is 2. The number of rotatable bonds is 4. The molecule has 15 heavy (non-hydrogen) atoms. The molecule has 0 radical (unpaired) electrons. The van der Waals surface area contributed by atoms with Gasteiger partial charge in [-0.15, -0.1) is 0 Å². The minimum Gasteiger partial charge on any atom is -0.296 e. The van der Waals surface area contributed by atoms with Gasteiger partial charge < -0.3 is 0 Å². The molecule has 2 nitrogen and oxygen atoms in total. The SMILES string of the molecule is CCN(Cc1cccc(C#N)c1)C1CC1. The average Bonchev–Trinajstić information content (AvgIpc) is 3.10. The molecule has 0 unspecified atom stereocenters. The van der Waals surface area contributed by atoms with Crippen LogP contribution in [0.25, 0.3) is 0 Å². The fourth-order valence-electron chi connectivity index (χ4n) is 1.91. The number of hydrogen-bond donors (Lipinski definition) is 0. The standard InChI is InChI=1S/C13H16N2/c1-2-15(13-6-7-13)10-12-5-3-4-11(8-12)9-14/h3-5,8,13H,2,6-7,10H2,1H3. The molecule has 0 heterocycles. The van der Waals surface area contributed by atoms with E-state index in [1.165, 1.54) is 18.4 Å². The van der Waals surface area contributed by atoms with Crippen LogP contribution >= 0.6 is 0 Å². The van der Waals surface area contributed by atoms with Crippen LogP contribution in [0.15, 0.2) is 24.3 Å². The quantitative estimate of drug-likeness (QED) is 0.746. The molecule has 0 saturated heterocycles. The zero-order valence-corrected chi connectivity index (χ0v) is 9.11. The van der Waals surface area contributed by atoms with Gasteiger partial charge in [0.25, 0.3) is 0 Å². The van der Waals surface area contributed by atoms with Crippen LogP contribution in [-0.4, -0.2) is 17.5 Å². The third-order valence-corrected chi connectivity index (χ3v) is 2.91. The molecule has 0 atom stereocenters. The molecule has 1 saturated carbocycles. The van der Waals surface area contributed by atoms with E-state index in [0.717, 1.165) is 24.7 Å². The Morgan fingerprint density at radius 3 is 2.87 bits per heavy atom. The van der Waals surface area contributed by atoms with Gasteiger partial charge in [-0.1, -0.05) is 19.1 Å². The predicted molar refractivity (Wildman–Crippen MR) is 60.3 cm³/mol. The summed E-state index contributed by atoms with van der Waals surface area (Å²) in [7, 11) is 0. The molecule has 0 spiro atoms. The van der Waals surface area contributed by atoms with Crippen molar-refractivity contribution in [2.45, 2.75) is 32.4 Å². The first-order valence-corrected chi connectivity index (χ1v) is 5.56. The molecule has 0 amide bonds. The lowest BCUT2D eigenvalue weighted by Gasteiger charge is -2.19. The fourth-order valence-corrected chi connectivity index (χ4v) is 1.91. The highest BCUT2D eigenvalue weighted by molar-refractivity contribution is 5.32. The molecule has 1 aromatic rings. The van der Waals surface area contributed by atoms with Crippen LogP contribution in [0.3, 0.4) is 0 Å². The summed E-state index contributed by atoms with van der Waals surface area (Å²) in [5, 5.41) is 8.81. The Hall–Kier alpha value is -1.33. The molecule has 0 aliphatic heterocycles. The lowest BCUT2D eigenvalue weighted by molar-refractivity contribution is 0.269. The minimum absolute atomic E-state index is 0.763. The average molecular weight is 200 g/mol. The van der Waals surface area contributed by atoms with Gasteiger partial charge >= 0.3 is 0 Å². The van der Waals surface area contributed by atoms with Gasteiger partial charge in [-0.05, 0) is 37.1 Å². The van der Waals surface area contributed by atoms with E-state index in [1.807, 2.05) is 18.2 Å². The second-order valence-electron chi connectivity index (χ2n) is 4.11. The van der Waals surface area contributed by atoms with Crippen LogP contribution in [-0.2, 0) is 6.54 Å². The van der Waals surface area contributed by atoms with Gasteiger partial charge in [0.1, 0.15) is 0 Å². The van der Waals surface area contributed by atoms with Crippen molar-refractivity contribution >= 4 is 0 Å². The van der Waals surface area contributed by atoms with Crippen molar-refractivity contribution in [2.24, 2.45) is 0 Å². The van der Waals surface area contributed by atoms with Gasteiger partial charge in [0.2, 0.25) is 0 Å². The lowest BCUT2D eigenvalue weighted by Crippen LogP contribution is -2.24. The first-order chi connectivity index (χ1) is 7.33. The summed E-state index contributed by atoms with van der Waals surface area (Å²) >= 11 is 0. The Labute approximate surface area is 91.1 Å². The summed E-state index contributed by atoms with van der Waals surface area (Å²) in [5.74, 6) is 0. The Kier molecular flexibility index (Phi) is 3.03. The minimum atomic E-state index is 0.763. The van der Waals surface area contributed by atoms with Crippen LogP contribution in [0.5, 0.6) is 0 Å². The van der Waals surface area contributed by atoms with E-state index in [1.54, 1.807) is 0 Å². The topological polar surface area (TPSA) is 27.0 Å². The first-order valence-electron chi connectivity index (χ1n) is 5.56. The maximum Gasteiger partial charge on any atom is 0.0991 e. The van der Waals surface area contributed by atoms with E-state index in [9.17, 15) is 0 Å². The van der Waals surface area contributed by atoms with E-state index in [-0.39, 0.29) is 0 Å². The van der Waals surface area contributed by atoms with Crippen LogP contribution in [0.4, 0.5) is 0 Å². The van der Waals surface area contributed by atoms with Gasteiger partial charge in [0.15, 0.2) is 0 Å². The molecule has 2 heteroatoms. The molecular formula is C13H16N2. The summed E-state index contributed by atoms with van der Waals surface area (Å²) in [6.45, 7) is 4.28. The molecular weight excluding hydrogens is 184 g/mol. The molecule has 1 aliphatic rings. The van der Waals surface area contributed by atoms with Crippen molar-refractivity contribution in [2.75, 3.05) is 6.54 Å². The highest BCUT2D eigenvalue weighted by Gasteiger charge is 2.27. The Morgan fingerprint density at radius 1 is 1.47 bits per heavy atom. The van der Waals surface area contributed by atoms with Crippen molar-refractivity contribution in [1.29, 1.82) is 5.26 Å². The Bertz CT molecular complexity index is 374. The molecule has 0 aromatic heterocycles. The van der Waals surface area contributed by atoms with E-state index < -0.39 is 0 Å². The second kappa shape index (κ2) is 4.46. The van der Waals surface area contributed by atoms with Gasteiger partial charge in [0, 0.05) is 12.6 Å². The van der Waals surface area contributed by atoms with Crippen LogP contribution in [0.1, 0.15) is 30.9 Å². The molecule has 0 bridgehead atoms. The molecule has 2 rings (SSSR count). The number of nitriles is 1. The summed E-state index contributed by atoms with van der Waals surface area (Å²) in [6.07, 6.45) is 2.68. The highest BCUT2D eigenvalue weighted by Crippen LogP contribution is 2.27. The third-order valence-electron chi connectivity index (χ3n) is 2.91. The van der Waals surface area contributed by atoms with E-state index in [2.05, 4.69) is 24.0 Å². The zero-order chi connectivity index (χ0) is 10.7. The summed E-state index contributed by atoms with van der Waals surface area (Å²) in [4.78, 5) is 2.48. The normalized spacial score (nSPS) is 15.3. The second-order valence-corrected chi connectivity index (χ2v) is 4.11. The molecule has 0 N–H and O–H groups in total. The molecule has 1 aliphatic carbocycles.